The summed E-state index contributed by atoms with van der Waals surface area (Å²) in [6.45, 7) is 8.47. The minimum atomic E-state index is 0.608. The second kappa shape index (κ2) is 7.51. The molecule has 1 aliphatic heterocycles. The summed E-state index contributed by atoms with van der Waals surface area (Å²) in [6.07, 6.45) is 7.94. The van der Waals surface area contributed by atoms with Crippen molar-refractivity contribution in [3.05, 3.63) is 48.2 Å². The number of rotatable bonds is 6. The Morgan fingerprint density at radius 1 is 1.26 bits per heavy atom. The topological polar surface area (TPSA) is 45.2 Å². The molecule has 1 saturated heterocycles. The Balaban J connectivity index is 1.81. The number of likely N-dealkylation sites (N-methyl/N-ethyl adjacent to an activating group) is 1. The van der Waals surface area contributed by atoms with Gasteiger partial charge in [0.1, 0.15) is 12.1 Å². The van der Waals surface area contributed by atoms with Crippen LogP contribution >= 0.6 is 0 Å². The molecular weight excluding hydrogens is 286 g/mol. The van der Waals surface area contributed by atoms with E-state index in [9.17, 15) is 0 Å². The first kappa shape index (κ1) is 15.9. The number of nitrogens with zero attached hydrogens (tertiary/aromatic N) is 5. The SMILES string of the molecule is CCN1CCCC1CN(Cc1ccncc1)c1cc(C)ncn1. The number of hydrogen-bond donors (Lipinski definition) is 0. The van der Waals surface area contributed by atoms with Gasteiger partial charge in [0.15, 0.2) is 0 Å². The van der Waals surface area contributed by atoms with E-state index in [2.05, 4.69) is 49.9 Å². The van der Waals surface area contributed by atoms with Crippen molar-refractivity contribution in [1.29, 1.82) is 0 Å². The van der Waals surface area contributed by atoms with Crippen LogP contribution in [-0.4, -0.2) is 45.5 Å². The Hall–Kier alpha value is -2.01. The minimum absolute atomic E-state index is 0.608. The maximum Gasteiger partial charge on any atom is 0.132 e. The van der Waals surface area contributed by atoms with Gasteiger partial charge in [0.05, 0.1) is 0 Å². The molecule has 1 aliphatic rings. The molecule has 1 atom stereocenters. The van der Waals surface area contributed by atoms with Crippen molar-refractivity contribution in [3.63, 3.8) is 0 Å². The van der Waals surface area contributed by atoms with Gasteiger partial charge < -0.3 is 4.90 Å². The van der Waals surface area contributed by atoms with Crippen molar-refractivity contribution in [3.8, 4) is 0 Å². The monoisotopic (exact) mass is 311 g/mol. The molecule has 5 heteroatoms. The summed E-state index contributed by atoms with van der Waals surface area (Å²) in [6, 6.07) is 6.84. The zero-order chi connectivity index (χ0) is 16.1. The number of pyridine rings is 1. The molecule has 1 fully saturated rings. The van der Waals surface area contributed by atoms with Crippen LogP contribution in [0.15, 0.2) is 36.9 Å². The lowest BCUT2D eigenvalue weighted by Gasteiger charge is -2.31. The summed E-state index contributed by atoms with van der Waals surface area (Å²) in [5.74, 6) is 1.01. The van der Waals surface area contributed by atoms with Crippen LogP contribution in [0.5, 0.6) is 0 Å². The fraction of sp³-hybridized carbons (Fsp3) is 0.500. The molecule has 0 radical (unpaired) electrons. The molecular formula is C18H25N5. The molecule has 2 aromatic heterocycles. The summed E-state index contributed by atoms with van der Waals surface area (Å²) in [5.41, 5.74) is 2.27. The third kappa shape index (κ3) is 4.05. The first-order valence-electron chi connectivity index (χ1n) is 8.43. The molecule has 23 heavy (non-hydrogen) atoms. The van der Waals surface area contributed by atoms with Gasteiger partial charge >= 0.3 is 0 Å². The normalized spacial score (nSPS) is 18.3. The number of anilines is 1. The van der Waals surface area contributed by atoms with E-state index in [-0.39, 0.29) is 0 Å². The van der Waals surface area contributed by atoms with Gasteiger partial charge in [-0.2, -0.15) is 0 Å². The van der Waals surface area contributed by atoms with Crippen molar-refractivity contribution in [2.75, 3.05) is 24.5 Å². The second-order valence-corrected chi connectivity index (χ2v) is 6.18. The van der Waals surface area contributed by atoms with Gasteiger partial charge in [-0.25, -0.2) is 9.97 Å². The summed E-state index contributed by atoms with van der Waals surface area (Å²) in [7, 11) is 0. The lowest BCUT2D eigenvalue weighted by molar-refractivity contribution is 0.268. The van der Waals surface area contributed by atoms with Crippen LogP contribution < -0.4 is 4.90 Å². The molecule has 0 N–H and O–H groups in total. The summed E-state index contributed by atoms with van der Waals surface area (Å²) >= 11 is 0. The van der Waals surface area contributed by atoms with Gasteiger partial charge in [-0.1, -0.05) is 6.92 Å². The molecule has 3 heterocycles. The van der Waals surface area contributed by atoms with Crippen LogP contribution in [0.2, 0.25) is 0 Å². The Morgan fingerprint density at radius 2 is 2.09 bits per heavy atom. The number of hydrogen-bond acceptors (Lipinski definition) is 5. The molecule has 1 unspecified atom stereocenters. The Labute approximate surface area is 138 Å². The van der Waals surface area contributed by atoms with Crippen LogP contribution in [0.1, 0.15) is 31.0 Å². The third-order valence-corrected chi connectivity index (χ3v) is 4.57. The zero-order valence-corrected chi connectivity index (χ0v) is 14.0. The highest BCUT2D eigenvalue weighted by Crippen LogP contribution is 2.22. The zero-order valence-electron chi connectivity index (χ0n) is 14.0. The van der Waals surface area contributed by atoms with Crippen molar-refractivity contribution in [2.24, 2.45) is 0 Å². The molecule has 0 aliphatic carbocycles. The average molecular weight is 311 g/mol. The van der Waals surface area contributed by atoms with E-state index in [1.54, 1.807) is 6.33 Å². The standard InChI is InChI=1S/C18H25N5/c1-3-22-10-4-5-17(22)13-23(12-16-6-8-19-9-7-16)18-11-15(2)20-14-21-18/h6-9,11,14,17H,3-5,10,12-13H2,1-2H3. The van der Waals surface area contributed by atoms with Crippen LogP contribution in [0, 0.1) is 6.92 Å². The summed E-state index contributed by atoms with van der Waals surface area (Å²) in [4.78, 5) is 17.8. The lowest BCUT2D eigenvalue weighted by atomic mass is 10.1. The third-order valence-electron chi connectivity index (χ3n) is 4.57. The van der Waals surface area contributed by atoms with E-state index < -0.39 is 0 Å². The Kier molecular flexibility index (Phi) is 5.18. The number of aromatic nitrogens is 3. The first-order valence-corrected chi connectivity index (χ1v) is 8.43. The van der Waals surface area contributed by atoms with Crippen LogP contribution in [0.4, 0.5) is 5.82 Å². The minimum Gasteiger partial charge on any atom is -0.351 e. The van der Waals surface area contributed by atoms with Gasteiger partial charge in [0.2, 0.25) is 0 Å². The molecule has 0 saturated carbocycles. The highest BCUT2D eigenvalue weighted by Gasteiger charge is 2.25. The first-order chi connectivity index (χ1) is 11.3. The highest BCUT2D eigenvalue weighted by molar-refractivity contribution is 5.40. The average Bonchev–Trinajstić information content (AvgIpc) is 3.02. The van der Waals surface area contributed by atoms with Gasteiger partial charge in [-0.15, -0.1) is 0 Å². The lowest BCUT2D eigenvalue weighted by Crippen LogP contribution is -2.40. The maximum atomic E-state index is 4.51. The highest BCUT2D eigenvalue weighted by atomic mass is 15.3. The number of aryl methyl sites for hydroxylation is 1. The fourth-order valence-corrected chi connectivity index (χ4v) is 3.33. The van der Waals surface area contributed by atoms with E-state index in [1.807, 2.05) is 19.3 Å². The largest absolute Gasteiger partial charge is 0.351 e. The maximum absolute atomic E-state index is 4.51. The summed E-state index contributed by atoms with van der Waals surface area (Å²) in [5, 5.41) is 0. The van der Waals surface area contributed by atoms with E-state index in [0.717, 1.165) is 31.1 Å². The van der Waals surface area contributed by atoms with Crippen molar-refractivity contribution < 1.29 is 0 Å². The van der Waals surface area contributed by atoms with Gasteiger partial charge in [-0.05, 0) is 50.6 Å². The Bertz CT molecular complexity index is 616. The molecule has 122 valence electrons. The second-order valence-electron chi connectivity index (χ2n) is 6.18. The molecule has 0 spiro atoms. The van der Waals surface area contributed by atoms with Crippen molar-refractivity contribution >= 4 is 5.82 Å². The Morgan fingerprint density at radius 3 is 2.83 bits per heavy atom. The molecule has 0 amide bonds. The predicted molar refractivity (Wildman–Crippen MR) is 92.3 cm³/mol. The van der Waals surface area contributed by atoms with Gasteiger partial charge in [-0.3, -0.25) is 9.88 Å². The quantitative estimate of drug-likeness (QED) is 0.821. The smallest absolute Gasteiger partial charge is 0.132 e. The van der Waals surface area contributed by atoms with E-state index in [1.165, 1.54) is 24.9 Å². The van der Waals surface area contributed by atoms with Gasteiger partial charge in [0, 0.05) is 43.3 Å². The molecule has 0 aromatic carbocycles. The van der Waals surface area contributed by atoms with Crippen molar-refractivity contribution in [2.45, 2.75) is 39.3 Å². The van der Waals surface area contributed by atoms with Crippen LogP contribution in [-0.2, 0) is 6.54 Å². The molecule has 2 aromatic rings. The fourth-order valence-electron chi connectivity index (χ4n) is 3.33. The van der Waals surface area contributed by atoms with E-state index in [0.29, 0.717) is 6.04 Å². The van der Waals surface area contributed by atoms with E-state index in [4.69, 9.17) is 0 Å². The molecule has 0 bridgehead atoms. The molecule has 5 nitrogen and oxygen atoms in total. The number of likely N-dealkylation sites (tertiary alicyclic amines) is 1. The molecule has 3 rings (SSSR count). The van der Waals surface area contributed by atoms with Crippen LogP contribution in [0.3, 0.4) is 0 Å². The van der Waals surface area contributed by atoms with E-state index >= 15 is 0 Å². The van der Waals surface area contributed by atoms with Crippen molar-refractivity contribution in [1.82, 2.24) is 19.9 Å². The summed E-state index contributed by atoms with van der Waals surface area (Å²) < 4.78 is 0. The van der Waals surface area contributed by atoms with Crippen LogP contribution in [0.25, 0.3) is 0 Å². The predicted octanol–water partition coefficient (Wildman–Crippen LogP) is 2.67. The van der Waals surface area contributed by atoms with Gasteiger partial charge in [0.25, 0.3) is 0 Å².